The molecule has 0 aliphatic heterocycles. The van der Waals surface area contributed by atoms with Crippen molar-refractivity contribution in [1.82, 2.24) is 0 Å². The van der Waals surface area contributed by atoms with Crippen molar-refractivity contribution in [3.8, 4) is 0 Å². The zero-order valence-corrected chi connectivity index (χ0v) is 6.63. The van der Waals surface area contributed by atoms with Crippen LogP contribution in [0.2, 0.25) is 0 Å². The molecule has 0 fully saturated rings. The van der Waals surface area contributed by atoms with Crippen LogP contribution in [0, 0.1) is 0 Å². The smallest absolute Gasteiger partial charge is 0.296 e. The average molecular weight is 188 g/mol. The minimum absolute atomic E-state index is 0.0457. The number of carbonyl (C=O) groups is 2. The third-order valence-corrected chi connectivity index (χ3v) is 0.772. The molecule has 1 N–H and O–H groups in total. The van der Waals surface area contributed by atoms with E-state index in [9.17, 15) is 9.59 Å². The summed E-state index contributed by atoms with van der Waals surface area (Å²) in [5.74, 6) is -1.98. The molecule has 0 aromatic carbocycles. The molecule has 6 nitrogen and oxygen atoms in total. The zero-order chi connectivity index (χ0) is 10.1. The maximum atomic E-state index is 10.6. The molecule has 0 aliphatic carbocycles. The minimum Gasteiger partial charge on any atom is -0.296 e. The summed E-state index contributed by atoms with van der Waals surface area (Å²) in [7, 11) is 0. The Morgan fingerprint density at radius 3 is 2.46 bits per heavy atom. The van der Waals surface area contributed by atoms with Crippen LogP contribution >= 0.6 is 0 Å². The highest BCUT2D eigenvalue weighted by molar-refractivity contribution is 5.91. The molecule has 0 rings (SSSR count). The van der Waals surface area contributed by atoms with Crippen LogP contribution in [0.1, 0.15) is 0 Å². The summed E-state index contributed by atoms with van der Waals surface area (Å²) < 4.78 is 0. The molecule has 0 spiro atoms. The SMILES string of the molecule is C=CCOOC(=O)/C=C\C(=O)OO. The summed E-state index contributed by atoms with van der Waals surface area (Å²) in [6.45, 7) is 3.35. The van der Waals surface area contributed by atoms with Crippen molar-refractivity contribution in [2.45, 2.75) is 0 Å². The van der Waals surface area contributed by atoms with E-state index in [4.69, 9.17) is 5.26 Å². The van der Waals surface area contributed by atoms with Crippen LogP contribution in [0.3, 0.4) is 0 Å². The van der Waals surface area contributed by atoms with Gasteiger partial charge in [0, 0.05) is 12.2 Å². The highest BCUT2D eigenvalue weighted by Crippen LogP contribution is 1.85. The highest BCUT2D eigenvalue weighted by Gasteiger charge is 1.99. The fraction of sp³-hybridized carbons (Fsp3) is 0.143. The first kappa shape index (κ1) is 11.3. The number of hydrogen-bond donors (Lipinski definition) is 1. The quantitative estimate of drug-likeness (QED) is 0.218. The van der Waals surface area contributed by atoms with Crippen LogP contribution in [0.5, 0.6) is 0 Å². The van der Waals surface area contributed by atoms with E-state index in [0.717, 1.165) is 6.08 Å². The number of carbonyl (C=O) groups excluding carboxylic acids is 2. The molecule has 0 radical (unpaired) electrons. The lowest BCUT2D eigenvalue weighted by Gasteiger charge is -1.95. The van der Waals surface area contributed by atoms with Crippen molar-refractivity contribution in [2.75, 3.05) is 6.61 Å². The second-order valence-corrected chi connectivity index (χ2v) is 1.72. The van der Waals surface area contributed by atoms with Gasteiger partial charge in [-0.2, -0.15) is 10.1 Å². The Kier molecular flexibility index (Phi) is 6.12. The Morgan fingerprint density at radius 1 is 1.31 bits per heavy atom. The lowest BCUT2D eigenvalue weighted by atomic mass is 10.5. The highest BCUT2D eigenvalue weighted by atomic mass is 17.2. The topological polar surface area (TPSA) is 82.1 Å². The second-order valence-electron chi connectivity index (χ2n) is 1.72. The maximum absolute atomic E-state index is 10.6. The van der Waals surface area contributed by atoms with Crippen molar-refractivity contribution in [3.05, 3.63) is 24.8 Å². The molecular weight excluding hydrogens is 180 g/mol. The van der Waals surface area contributed by atoms with Gasteiger partial charge in [0.1, 0.15) is 6.61 Å². The zero-order valence-electron chi connectivity index (χ0n) is 6.63. The normalized spacial score (nSPS) is 9.62. The molecule has 0 saturated carbocycles. The largest absolute Gasteiger partial charge is 0.366 e. The molecule has 0 aromatic rings. The van der Waals surface area contributed by atoms with Gasteiger partial charge < -0.3 is 0 Å². The predicted octanol–water partition coefficient (Wildman–Crippen LogP) is 0.220. The van der Waals surface area contributed by atoms with Crippen molar-refractivity contribution in [2.24, 2.45) is 0 Å². The summed E-state index contributed by atoms with van der Waals surface area (Å²) in [5.41, 5.74) is 0. The van der Waals surface area contributed by atoms with E-state index in [1.807, 2.05) is 0 Å². The number of rotatable bonds is 5. The Balaban J connectivity index is 3.67. The summed E-state index contributed by atoms with van der Waals surface area (Å²) in [4.78, 5) is 32.4. The molecule has 0 saturated heterocycles. The van der Waals surface area contributed by atoms with Crippen molar-refractivity contribution in [3.63, 3.8) is 0 Å². The lowest BCUT2D eigenvalue weighted by molar-refractivity contribution is -0.260. The van der Waals surface area contributed by atoms with E-state index < -0.39 is 11.9 Å². The van der Waals surface area contributed by atoms with Crippen molar-refractivity contribution >= 4 is 11.9 Å². The van der Waals surface area contributed by atoms with Gasteiger partial charge in [-0.05, 0) is 0 Å². The third-order valence-electron chi connectivity index (χ3n) is 0.772. The number of hydrogen-bond acceptors (Lipinski definition) is 6. The Hall–Kier alpha value is -1.66. The molecule has 0 bridgehead atoms. The predicted molar refractivity (Wildman–Crippen MR) is 40.1 cm³/mol. The van der Waals surface area contributed by atoms with Crippen molar-refractivity contribution < 1.29 is 29.5 Å². The molecular formula is C7H8O6. The van der Waals surface area contributed by atoms with Crippen LogP contribution in [0.25, 0.3) is 0 Å². The van der Waals surface area contributed by atoms with Gasteiger partial charge in [-0.25, -0.2) is 9.59 Å². The van der Waals surface area contributed by atoms with Crippen LogP contribution in [-0.2, 0) is 24.3 Å². The Morgan fingerprint density at radius 2 is 1.92 bits per heavy atom. The second kappa shape index (κ2) is 7.01. The first-order valence-electron chi connectivity index (χ1n) is 3.18. The third kappa shape index (κ3) is 6.73. The molecule has 0 amide bonds. The first-order valence-corrected chi connectivity index (χ1v) is 3.18. The fourth-order valence-corrected chi connectivity index (χ4v) is 0.334. The molecule has 72 valence electrons. The Labute approximate surface area is 73.9 Å². The summed E-state index contributed by atoms with van der Waals surface area (Å²) in [6, 6.07) is 0. The molecule has 13 heavy (non-hydrogen) atoms. The molecule has 0 aromatic heterocycles. The van der Waals surface area contributed by atoms with E-state index in [0.29, 0.717) is 6.08 Å². The monoisotopic (exact) mass is 188 g/mol. The summed E-state index contributed by atoms with van der Waals surface area (Å²) in [6.07, 6.45) is 2.79. The van der Waals surface area contributed by atoms with E-state index in [2.05, 4.69) is 21.2 Å². The van der Waals surface area contributed by atoms with Gasteiger partial charge in [-0.1, -0.05) is 6.08 Å². The minimum atomic E-state index is -1.08. The first-order chi connectivity index (χ1) is 6.20. The molecule has 0 heterocycles. The van der Waals surface area contributed by atoms with Gasteiger partial charge in [0.15, 0.2) is 0 Å². The van der Waals surface area contributed by atoms with Gasteiger partial charge in [-0.15, -0.1) is 6.58 Å². The molecule has 0 atom stereocenters. The van der Waals surface area contributed by atoms with Gasteiger partial charge in [0.05, 0.1) is 0 Å². The van der Waals surface area contributed by atoms with Crippen LogP contribution in [0.4, 0.5) is 0 Å². The van der Waals surface area contributed by atoms with E-state index >= 15 is 0 Å². The lowest BCUT2D eigenvalue weighted by Crippen LogP contribution is -2.03. The van der Waals surface area contributed by atoms with Gasteiger partial charge >= 0.3 is 11.9 Å². The van der Waals surface area contributed by atoms with Crippen LogP contribution < -0.4 is 0 Å². The van der Waals surface area contributed by atoms with Crippen molar-refractivity contribution in [1.29, 1.82) is 0 Å². The van der Waals surface area contributed by atoms with Gasteiger partial charge in [-0.3, -0.25) is 9.78 Å². The standard InChI is InChI=1S/C7H8O6/c1-2-5-11-13-7(9)4-3-6(8)12-10/h2-4,10H,1,5H2/b4-3-. The molecule has 6 heteroatoms. The van der Waals surface area contributed by atoms with Crippen LogP contribution in [-0.4, -0.2) is 23.8 Å². The Bertz CT molecular complexity index is 219. The van der Waals surface area contributed by atoms with E-state index in [1.54, 1.807) is 0 Å². The summed E-state index contributed by atoms with van der Waals surface area (Å²) >= 11 is 0. The maximum Gasteiger partial charge on any atom is 0.366 e. The van der Waals surface area contributed by atoms with Gasteiger partial charge in [0.2, 0.25) is 0 Å². The molecule has 0 aliphatic rings. The fourth-order valence-electron chi connectivity index (χ4n) is 0.334. The molecule has 0 unspecified atom stereocenters. The van der Waals surface area contributed by atoms with Gasteiger partial charge in [0.25, 0.3) is 0 Å². The summed E-state index contributed by atoms with van der Waals surface area (Å²) in [5, 5.41) is 7.76. The average Bonchev–Trinajstić information content (AvgIpc) is 2.14. The van der Waals surface area contributed by atoms with E-state index in [-0.39, 0.29) is 6.61 Å². The van der Waals surface area contributed by atoms with E-state index in [1.165, 1.54) is 6.08 Å². The van der Waals surface area contributed by atoms with Crippen LogP contribution in [0.15, 0.2) is 24.8 Å².